The Morgan fingerprint density at radius 2 is 2.37 bits per heavy atom. The van der Waals surface area contributed by atoms with Crippen molar-refractivity contribution in [3.05, 3.63) is 23.4 Å². The fourth-order valence-corrected chi connectivity index (χ4v) is 2.58. The van der Waals surface area contributed by atoms with E-state index in [-0.39, 0.29) is 5.56 Å². The fourth-order valence-electron chi connectivity index (χ4n) is 2.58. The molecule has 5 heteroatoms. The van der Waals surface area contributed by atoms with Gasteiger partial charge in [0.1, 0.15) is 11.4 Å². The molecule has 5 nitrogen and oxygen atoms in total. The summed E-state index contributed by atoms with van der Waals surface area (Å²) in [7, 11) is 1.70. The highest BCUT2D eigenvalue weighted by Gasteiger charge is 2.24. The number of hydrogen-bond acceptors (Lipinski definition) is 4. The number of piperidine rings is 1. The van der Waals surface area contributed by atoms with Gasteiger partial charge in [-0.3, -0.25) is 0 Å². The van der Waals surface area contributed by atoms with Gasteiger partial charge in [0.05, 0.1) is 6.61 Å². The summed E-state index contributed by atoms with van der Waals surface area (Å²) >= 11 is 0. The summed E-state index contributed by atoms with van der Waals surface area (Å²) in [5.74, 6) is 0.118. The maximum atomic E-state index is 11.3. The van der Waals surface area contributed by atoms with Gasteiger partial charge < -0.3 is 14.7 Å². The summed E-state index contributed by atoms with van der Waals surface area (Å²) < 4.78 is 5.20. The molecule has 0 saturated carbocycles. The summed E-state index contributed by atoms with van der Waals surface area (Å²) in [5, 5.41) is 9.27. The molecule has 2 heterocycles. The SMILES string of the molecule is COCC1CCCN(c2nc(C)ccc2C(=O)O)C1. The Hall–Kier alpha value is -1.62. The number of ether oxygens (including phenoxy) is 1. The Kier molecular flexibility index (Phi) is 4.37. The van der Waals surface area contributed by atoms with Gasteiger partial charge in [0.15, 0.2) is 0 Å². The van der Waals surface area contributed by atoms with Gasteiger partial charge in [0.2, 0.25) is 0 Å². The van der Waals surface area contributed by atoms with Crippen LogP contribution >= 0.6 is 0 Å². The Bertz CT molecular complexity index is 460. The molecule has 1 aliphatic rings. The number of carboxylic acids is 1. The molecule has 0 aromatic carbocycles. The fraction of sp³-hybridized carbons (Fsp3) is 0.571. The van der Waals surface area contributed by atoms with Crippen LogP contribution in [0.5, 0.6) is 0 Å². The molecule has 1 aromatic heterocycles. The third-order valence-electron chi connectivity index (χ3n) is 3.47. The van der Waals surface area contributed by atoms with Crippen LogP contribution in [0.25, 0.3) is 0 Å². The molecule has 1 aromatic rings. The molecule has 1 atom stereocenters. The molecule has 104 valence electrons. The third kappa shape index (κ3) is 3.23. The standard InChI is InChI=1S/C14H20N2O3/c1-10-5-6-12(14(17)18)13(15-10)16-7-3-4-11(8-16)9-19-2/h5-6,11H,3-4,7-9H2,1-2H3,(H,17,18). The lowest BCUT2D eigenvalue weighted by Crippen LogP contribution is -2.38. The van der Waals surface area contributed by atoms with Gasteiger partial charge in [-0.25, -0.2) is 9.78 Å². The van der Waals surface area contributed by atoms with Gasteiger partial charge in [-0.1, -0.05) is 0 Å². The van der Waals surface area contributed by atoms with Crippen molar-refractivity contribution in [2.45, 2.75) is 19.8 Å². The molecule has 1 unspecified atom stereocenters. The van der Waals surface area contributed by atoms with Gasteiger partial charge >= 0.3 is 5.97 Å². The van der Waals surface area contributed by atoms with Crippen LogP contribution in [0.3, 0.4) is 0 Å². The van der Waals surface area contributed by atoms with E-state index >= 15 is 0 Å². The first-order valence-corrected chi connectivity index (χ1v) is 6.56. The number of aromatic nitrogens is 1. The third-order valence-corrected chi connectivity index (χ3v) is 3.47. The van der Waals surface area contributed by atoms with Crippen LogP contribution in [0.4, 0.5) is 5.82 Å². The summed E-state index contributed by atoms with van der Waals surface area (Å²) in [5.41, 5.74) is 1.12. The number of pyridine rings is 1. The number of anilines is 1. The largest absolute Gasteiger partial charge is 0.478 e. The van der Waals surface area contributed by atoms with Gasteiger partial charge in [0, 0.05) is 25.9 Å². The van der Waals surface area contributed by atoms with Gasteiger partial charge in [-0.05, 0) is 37.8 Å². The molecule has 0 bridgehead atoms. The average molecular weight is 264 g/mol. The molecular weight excluding hydrogens is 244 g/mol. The van der Waals surface area contributed by atoms with Crippen LogP contribution in [-0.2, 0) is 4.74 Å². The monoisotopic (exact) mass is 264 g/mol. The van der Waals surface area contributed by atoms with Crippen molar-refractivity contribution in [2.24, 2.45) is 5.92 Å². The second kappa shape index (κ2) is 6.02. The van der Waals surface area contributed by atoms with Gasteiger partial charge in [-0.2, -0.15) is 0 Å². The van der Waals surface area contributed by atoms with Crippen LogP contribution in [0.2, 0.25) is 0 Å². The predicted octanol–water partition coefficient (Wildman–Crippen LogP) is 1.95. The van der Waals surface area contributed by atoms with E-state index < -0.39 is 5.97 Å². The molecule has 1 aliphatic heterocycles. The lowest BCUT2D eigenvalue weighted by Gasteiger charge is -2.34. The Morgan fingerprint density at radius 3 is 3.05 bits per heavy atom. The molecule has 1 saturated heterocycles. The summed E-state index contributed by atoms with van der Waals surface area (Å²) in [6.45, 7) is 4.26. The van der Waals surface area contributed by atoms with Crippen molar-refractivity contribution in [3.8, 4) is 0 Å². The maximum Gasteiger partial charge on any atom is 0.339 e. The lowest BCUT2D eigenvalue weighted by atomic mass is 9.98. The zero-order valence-corrected chi connectivity index (χ0v) is 11.4. The summed E-state index contributed by atoms with van der Waals surface area (Å²) in [6, 6.07) is 3.38. The topological polar surface area (TPSA) is 62.7 Å². The zero-order valence-electron chi connectivity index (χ0n) is 11.4. The number of carbonyl (C=O) groups is 1. The number of rotatable bonds is 4. The number of nitrogens with zero attached hydrogens (tertiary/aromatic N) is 2. The minimum Gasteiger partial charge on any atom is -0.478 e. The highest BCUT2D eigenvalue weighted by atomic mass is 16.5. The minimum absolute atomic E-state index is 0.281. The molecule has 2 rings (SSSR count). The molecule has 0 spiro atoms. The van der Waals surface area contributed by atoms with Crippen molar-refractivity contribution in [2.75, 3.05) is 31.7 Å². The van der Waals surface area contributed by atoms with Gasteiger partial charge in [-0.15, -0.1) is 0 Å². The molecule has 0 amide bonds. The van der Waals surface area contributed by atoms with E-state index in [1.165, 1.54) is 0 Å². The Labute approximate surface area is 113 Å². The predicted molar refractivity (Wildman–Crippen MR) is 72.7 cm³/mol. The second-order valence-electron chi connectivity index (χ2n) is 5.04. The number of aromatic carboxylic acids is 1. The Morgan fingerprint density at radius 1 is 1.58 bits per heavy atom. The smallest absolute Gasteiger partial charge is 0.339 e. The van der Waals surface area contributed by atoms with E-state index in [0.29, 0.717) is 18.3 Å². The Balaban J connectivity index is 2.24. The van der Waals surface area contributed by atoms with E-state index in [4.69, 9.17) is 4.74 Å². The van der Waals surface area contributed by atoms with E-state index in [0.717, 1.165) is 31.6 Å². The number of aryl methyl sites for hydroxylation is 1. The number of methoxy groups -OCH3 is 1. The van der Waals surface area contributed by atoms with Crippen LogP contribution in [0.1, 0.15) is 28.9 Å². The van der Waals surface area contributed by atoms with Crippen LogP contribution < -0.4 is 4.90 Å². The first-order valence-electron chi connectivity index (χ1n) is 6.56. The zero-order chi connectivity index (χ0) is 13.8. The minimum atomic E-state index is -0.920. The number of hydrogen-bond donors (Lipinski definition) is 1. The summed E-state index contributed by atoms with van der Waals surface area (Å²) in [6.07, 6.45) is 2.17. The van der Waals surface area contributed by atoms with E-state index in [2.05, 4.69) is 9.88 Å². The molecule has 1 N–H and O–H groups in total. The van der Waals surface area contributed by atoms with Gasteiger partial charge in [0.25, 0.3) is 0 Å². The van der Waals surface area contributed by atoms with Crippen molar-refractivity contribution in [1.29, 1.82) is 0 Å². The molecule has 0 aliphatic carbocycles. The molecular formula is C14H20N2O3. The van der Waals surface area contributed by atoms with Crippen molar-refractivity contribution in [1.82, 2.24) is 4.98 Å². The van der Waals surface area contributed by atoms with Crippen LogP contribution in [0, 0.1) is 12.8 Å². The lowest BCUT2D eigenvalue weighted by molar-refractivity contribution is 0.0697. The van der Waals surface area contributed by atoms with E-state index in [1.54, 1.807) is 19.2 Å². The first kappa shape index (κ1) is 13.8. The quantitative estimate of drug-likeness (QED) is 0.900. The first-order chi connectivity index (χ1) is 9.11. The summed E-state index contributed by atoms with van der Waals surface area (Å²) in [4.78, 5) is 17.8. The maximum absolute atomic E-state index is 11.3. The van der Waals surface area contributed by atoms with Crippen molar-refractivity contribution >= 4 is 11.8 Å². The van der Waals surface area contributed by atoms with Crippen molar-refractivity contribution in [3.63, 3.8) is 0 Å². The van der Waals surface area contributed by atoms with Crippen LogP contribution in [0.15, 0.2) is 12.1 Å². The average Bonchev–Trinajstić information content (AvgIpc) is 2.39. The number of carboxylic acid groups (broad SMARTS) is 1. The van der Waals surface area contributed by atoms with E-state index in [1.807, 2.05) is 6.92 Å². The van der Waals surface area contributed by atoms with Crippen LogP contribution in [-0.4, -0.2) is 42.9 Å². The highest BCUT2D eigenvalue weighted by molar-refractivity contribution is 5.93. The molecule has 1 fully saturated rings. The highest BCUT2D eigenvalue weighted by Crippen LogP contribution is 2.25. The van der Waals surface area contributed by atoms with Crippen molar-refractivity contribution < 1.29 is 14.6 Å². The molecule has 19 heavy (non-hydrogen) atoms. The second-order valence-corrected chi connectivity index (χ2v) is 5.04. The van der Waals surface area contributed by atoms with E-state index in [9.17, 15) is 9.90 Å². The normalized spacial score (nSPS) is 19.5. The molecule has 0 radical (unpaired) electrons.